The second kappa shape index (κ2) is 5.57. The van der Waals surface area contributed by atoms with Crippen LogP contribution in [0.25, 0.3) is 0 Å². The lowest BCUT2D eigenvalue weighted by Crippen LogP contribution is -2.26. The van der Waals surface area contributed by atoms with Gasteiger partial charge in [-0.2, -0.15) is 0 Å². The lowest BCUT2D eigenvalue weighted by atomic mass is 10.2. The molecule has 0 aromatic heterocycles. The molecule has 4 heteroatoms. The second-order valence-corrected chi connectivity index (χ2v) is 3.03. The number of rotatable bonds is 5. The van der Waals surface area contributed by atoms with Gasteiger partial charge in [-0.1, -0.05) is 0 Å². The first kappa shape index (κ1) is 10.9. The first-order valence-corrected chi connectivity index (χ1v) is 4.47. The molecule has 0 saturated carbocycles. The molecular weight excluding hydrogens is 185 g/mol. The summed E-state index contributed by atoms with van der Waals surface area (Å²) >= 11 is 0. The summed E-state index contributed by atoms with van der Waals surface area (Å²) in [5.74, 6) is 0.320. The van der Waals surface area contributed by atoms with Crippen LogP contribution in [-0.2, 0) is 0 Å². The summed E-state index contributed by atoms with van der Waals surface area (Å²) in [5, 5.41) is 8.64. The van der Waals surface area contributed by atoms with Crippen LogP contribution in [0.4, 0.5) is 4.39 Å². The molecular formula is C10H14FNO2. The molecule has 1 aromatic carbocycles. The SMILES string of the molecule is NC(CO)CCOc1ccc(F)cc1. The topological polar surface area (TPSA) is 55.5 Å². The Bertz CT molecular complexity index is 263. The molecule has 0 spiro atoms. The van der Waals surface area contributed by atoms with E-state index in [0.717, 1.165) is 0 Å². The van der Waals surface area contributed by atoms with Crippen molar-refractivity contribution in [3.05, 3.63) is 30.1 Å². The van der Waals surface area contributed by atoms with Crippen molar-refractivity contribution in [2.24, 2.45) is 5.73 Å². The summed E-state index contributed by atoms with van der Waals surface area (Å²) < 4.78 is 17.8. The molecule has 0 heterocycles. The van der Waals surface area contributed by atoms with E-state index in [1.807, 2.05) is 0 Å². The number of benzene rings is 1. The zero-order valence-electron chi connectivity index (χ0n) is 7.82. The molecule has 0 bridgehead atoms. The predicted molar refractivity (Wildman–Crippen MR) is 51.6 cm³/mol. The molecule has 1 atom stereocenters. The van der Waals surface area contributed by atoms with Crippen LogP contribution in [0, 0.1) is 5.82 Å². The second-order valence-electron chi connectivity index (χ2n) is 3.03. The Balaban J connectivity index is 2.28. The maximum absolute atomic E-state index is 12.5. The minimum Gasteiger partial charge on any atom is -0.494 e. The zero-order valence-corrected chi connectivity index (χ0v) is 7.82. The van der Waals surface area contributed by atoms with Gasteiger partial charge in [-0.05, 0) is 30.7 Å². The van der Waals surface area contributed by atoms with Crippen LogP contribution in [0.3, 0.4) is 0 Å². The largest absolute Gasteiger partial charge is 0.494 e. The number of aliphatic hydroxyl groups is 1. The molecule has 0 saturated heterocycles. The summed E-state index contributed by atoms with van der Waals surface area (Å²) in [6, 6.07) is 5.53. The van der Waals surface area contributed by atoms with Crippen LogP contribution in [0.5, 0.6) is 5.75 Å². The number of aliphatic hydroxyl groups excluding tert-OH is 1. The molecule has 0 aliphatic rings. The predicted octanol–water partition coefficient (Wildman–Crippen LogP) is 0.914. The maximum Gasteiger partial charge on any atom is 0.123 e. The van der Waals surface area contributed by atoms with Crippen molar-refractivity contribution in [2.45, 2.75) is 12.5 Å². The van der Waals surface area contributed by atoms with Gasteiger partial charge in [0.1, 0.15) is 11.6 Å². The Morgan fingerprint density at radius 1 is 1.36 bits per heavy atom. The molecule has 0 aliphatic carbocycles. The fraction of sp³-hybridized carbons (Fsp3) is 0.400. The molecule has 0 fully saturated rings. The molecule has 1 aromatic rings. The van der Waals surface area contributed by atoms with Gasteiger partial charge in [-0.3, -0.25) is 0 Å². The summed E-state index contributed by atoms with van der Waals surface area (Å²) in [7, 11) is 0. The van der Waals surface area contributed by atoms with Crippen molar-refractivity contribution >= 4 is 0 Å². The average Bonchev–Trinajstić information content (AvgIpc) is 2.21. The Hall–Kier alpha value is -1.13. The highest BCUT2D eigenvalue weighted by Crippen LogP contribution is 2.11. The number of hydrogen-bond donors (Lipinski definition) is 2. The Morgan fingerprint density at radius 2 is 2.00 bits per heavy atom. The number of hydrogen-bond acceptors (Lipinski definition) is 3. The third kappa shape index (κ3) is 3.72. The fourth-order valence-corrected chi connectivity index (χ4v) is 0.950. The Kier molecular flexibility index (Phi) is 4.35. The fourth-order valence-electron chi connectivity index (χ4n) is 0.950. The summed E-state index contributed by atoms with van der Waals surface area (Å²) in [6.07, 6.45) is 0.577. The van der Waals surface area contributed by atoms with E-state index in [2.05, 4.69) is 0 Å². The highest BCUT2D eigenvalue weighted by molar-refractivity contribution is 5.21. The molecule has 1 unspecified atom stereocenters. The number of ether oxygens (including phenoxy) is 1. The Labute approximate surface area is 82.3 Å². The minimum atomic E-state index is -0.288. The molecule has 3 N–H and O–H groups in total. The lowest BCUT2D eigenvalue weighted by Gasteiger charge is -2.09. The van der Waals surface area contributed by atoms with Crippen molar-refractivity contribution in [2.75, 3.05) is 13.2 Å². The quantitative estimate of drug-likeness (QED) is 0.741. The monoisotopic (exact) mass is 199 g/mol. The van der Waals surface area contributed by atoms with Crippen LogP contribution in [0.2, 0.25) is 0 Å². The van der Waals surface area contributed by atoms with Crippen LogP contribution in [0.1, 0.15) is 6.42 Å². The maximum atomic E-state index is 12.5. The van der Waals surface area contributed by atoms with Crippen LogP contribution in [0.15, 0.2) is 24.3 Å². The number of halogens is 1. The van der Waals surface area contributed by atoms with Crippen LogP contribution in [-0.4, -0.2) is 24.4 Å². The molecule has 14 heavy (non-hydrogen) atoms. The van der Waals surface area contributed by atoms with E-state index in [1.54, 1.807) is 12.1 Å². The van der Waals surface area contributed by atoms with E-state index in [4.69, 9.17) is 15.6 Å². The number of nitrogens with two attached hydrogens (primary N) is 1. The van der Waals surface area contributed by atoms with Gasteiger partial charge < -0.3 is 15.6 Å². The van der Waals surface area contributed by atoms with Crippen molar-refractivity contribution in [3.63, 3.8) is 0 Å². The van der Waals surface area contributed by atoms with Gasteiger partial charge in [0, 0.05) is 6.04 Å². The van der Waals surface area contributed by atoms with Gasteiger partial charge in [0.25, 0.3) is 0 Å². The van der Waals surface area contributed by atoms with E-state index < -0.39 is 0 Å². The average molecular weight is 199 g/mol. The Morgan fingerprint density at radius 3 is 2.57 bits per heavy atom. The summed E-state index contributed by atoms with van der Waals surface area (Å²) in [5.41, 5.74) is 5.47. The minimum absolute atomic E-state index is 0.0488. The normalized spacial score (nSPS) is 12.5. The van der Waals surface area contributed by atoms with Crippen LogP contribution >= 0.6 is 0 Å². The van der Waals surface area contributed by atoms with E-state index in [9.17, 15) is 4.39 Å². The molecule has 3 nitrogen and oxygen atoms in total. The van der Waals surface area contributed by atoms with Crippen molar-refractivity contribution in [3.8, 4) is 5.75 Å². The van der Waals surface area contributed by atoms with Crippen LogP contribution < -0.4 is 10.5 Å². The molecule has 0 radical (unpaired) electrons. The van der Waals surface area contributed by atoms with Gasteiger partial charge in [0.2, 0.25) is 0 Å². The van der Waals surface area contributed by atoms with Gasteiger partial charge >= 0.3 is 0 Å². The smallest absolute Gasteiger partial charge is 0.123 e. The van der Waals surface area contributed by atoms with Crippen molar-refractivity contribution in [1.82, 2.24) is 0 Å². The molecule has 0 amide bonds. The standard InChI is InChI=1S/C10H14FNO2/c11-8-1-3-10(4-2-8)14-6-5-9(12)7-13/h1-4,9,13H,5-7,12H2. The molecule has 1 rings (SSSR count). The van der Waals surface area contributed by atoms with E-state index in [1.165, 1.54) is 12.1 Å². The van der Waals surface area contributed by atoms with E-state index in [-0.39, 0.29) is 18.5 Å². The van der Waals surface area contributed by atoms with Gasteiger partial charge in [0.05, 0.1) is 13.2 Å². The zero-order chi connectivity index (χ0) is 10.4. The van der Waals surface area contributed by atoms with Gasteiger partial charge in [-0.25, -0.2) is 4.39 Å². The lowest BCUT2D eigenvalue weighted by molar-refractivity contribution is 0.230. The summed E-state index contributed by atoms with van der Waals surface area (Å²) in [4.78, 5) is 0. The van der Waals surface area contributed by atoms with E-state index >= 15 is 0 Å². The van der Waals surface area contributed by atoms with Gasteiger partial charge in [0.15, 0.2) is 0 Å². The molecule has 78 valence electrons. The van der Waals surface area contributed by atoms with Crippen molar-refractivity contribution in [1.29, 1.82) is 0 Å². The summed E-state index contributed by atoms with van der Waals surface area (Å²) in [6.45, 7) is 0.375. The first-order chi connectivity index (χ1) is 6.72. The highest BCUT2D eigenvalue weighted by atomic mass is 19.1. The van der Waals surface area contributed by atoms with Crippen molar-refractivity contribution < 1.29 is 14.2 Å². The van der Waals surface area contributed by atoms with E-state index in [0.29, 0.717) is 18.8 Å². The third-order valence-corrected chi connectivity index (χ3v) is 1.81. The first-order valence-electron chi connectivity index (χ1n) is 4.47. The third-order valence-electron chi connectivity index (χ3n) is 1.81. The molecule has 0 aliphatic heterocycles. The highest BCUT2D eigenvalue weighted by Gasteiger charge is 2.00. The van der Waals surface area contributed by atoms with Gasteiger partial charge in [-0.15, -0.1) is 0 Å².